The van der Waals surface area contributed by atoms with Crippen molar-refractivity contribution < 1.29 is 9.90 Å². The fraction of sp³-hybridized carbons (Fsp3) is 0.333. The lowest BCUT2D eigenvalue weighted by molar-refractivity contribution is 0.0698. The molecule has 0 saturated carbocycles. The van der Waals surface area contributed by atoms with Crippen LogP contribution in [0.1, 0.15) is 34.1 Å². The SMILES string of the molecule is O=C(O)c1cccn2cc(C3CCCS3)nc12. The lowest BCUT2D eigenvalue weighted by Crippen LogP contribution is -1.99. The number of pyridine rings is 1. The number of nitrogens with zero attached hydrogens (tertiary/aromatic N) is 2. The van der Waals surface area contributed by atoms with Crippen LogP contribution in [0.15, 0.2) is 24.5 Å². The molecule has 4 nitrogen and oxygen atoms in total. The van der Waals surface area contributed by atoms with E-state index in [0.717, 1.165) is 12.1 Å². The second-order valence-electron chi connectivity index (χ2n) is 4.13. The molecule has 1 aliphatic heterocycles. The number of imidazole rings is 1. The normalized spacial score (nSPS) is 19.9. The Morgan fingerprint density at radius 1 is 1.59 bits per heavy atom. The zero-order valence-electron chi connectivity index (χ0n) is 9.17. The van der Waals surface area contributed by atoms with Gasteiger partial charge in [-0.2, -0.15) is 11.8 Å². The van der Waals surface area contributed by atoms with E-state index in [1.54, 1.807) is 16.5 Å². The molecule has 2 aromatic heterocycles. The highest BCUT2D eigenvalue weighted by Gasteiger charge is 2.21. The van der Waals surface area contributed by atoms with E-state index in [9.17, 15) is 4.79 Å². The number of carboxylic acid groups (broad SMARTS) is 1. The molecular weight excluding hydrogens is 236 g/mol. The van der Waals surface area contributed by atoms with Crippen LogP contribution in [0.3, 0.4) is 0 Å². The zero-order valence-corrected chi connectivity index (χ0v) is 9.98. The summed E-state index contributed by atoms with van der Waals surface area (Å²) in [6, 6.07) is 3.33. The third kappa shape index (κ3) is 1.80. The lowest BCUT2D eigenvalue weighted by Gasteiger charge is -2.01. The van der Waals surface area contributed by atoms with E-state index in [0.29, 0.717) is 10.9 Å². The summed E-state index contributed by atoms with van der Waals surface area (Å²) < 4.78 is 1.80. The van der Waals surface area contributed by atoms with Gasteiger partial charge in [0.15, 0.2) is 5.65 Å². The maximum atomic E-state index is 11.1. The van der Waals surface area contributed by atoms with Gasteiger partial charge in [0, 0.05) is 17.6 Å². The van der Waals surface area contributed by atoms with Crippen molar-refractivity contribution in [3.63, 3.8) is 0 Å². The van der Waals surface area contributed by atoms with Crippen molar-refractivity contribution in [3.8, 4) is 0 Å². The molecule has 1 aliphatic rings. The van der Waals surface area contributed by atoms with Gasteiger partial charge in [-0.05, 0) is 30.7 Å². The molecular formula is C12H12N2O2S. The molecule has 0 spiro atoms. The third-order valence-electron chi connectivity index (χ3n) is 2.99. The van der Waals surface area contributed by atoms with Crippen molar-refractivity contribution in [2.24, 2.45) is 0 Å². The smallest absolute Gasteiger partial charge is 0.339 e. The Kier molecular flexibility index (Phi) is 2.55. The fourth-order valence-electron chi connectivity index (χ4n) is 2.16. The van der Waals surface area contributed by atoms with Gasteiger partial charge in [0.2, 0.25) is 0 Å². The predicted octanol–water partition coefficient (Wildman–Crippen LogP) is 2.60. The third-order valence-corrected chi connectivity index (χ3v) is 4.40. The van der Waals surface area contributed by atoms with Crippen molar-refractivity contribution in [3.05, 3.63) is 35.8 Å². The summed E-state index contributed by atoms with van der Waals surface area (Å²) in [4.78, 5) is 15.6. The minimum Gasteiger partial charge on any atom is -0.478 e. The predicted molar refractivity (Wildman–Crippen MR) is 66.6 cm³/mol. The van der Waals surface area contributed by atoms with Gasteiger partial charge in [0.1, 0.15) is 5.56 Å². The average Bonchev–Trinajstić information content (AvgIpc) is 2.96. The van der Waals surface area contributed by atoms with E-state index in [2.05, 4.69) is 4.98 Å². The maximum absolute atomic E-state index is 11.1. The van der Waals surface area contributed by atoms with Gasteiger partial charge in [0.25, 0.3) is 0 Å². The Morgan fingerprint density at radius 3 is 3.18 bits per heavy atom. The summed E-state index contributed by atoms with van der Waals surface area (Å²) in [5.41, 5.74) is 1.81. The van der Waals surface area contributed by atoms with Crippen LogP contribution in [0.5, 0.6) is 0 Å². The summed E-state index contributed by atoms with van der Waals surface area (Å²) >= 11 is 1.90. The van der Waals surface area contributed by atoms with Crippen LogP contribution in [-0.4, -0.2) is 26.2 Å². The standard InChI is InChI=1S/C12H12N2O2S/c15-12(16)8-3-1-5-14-7-9(13-11(8)14)10-4-2-6-17-10/h1,3,5,7,10H,2,4,6H2,(H,15,16). The van der Waals surface area contributed by atoms with Crippen LogP contribution in [-0.2, 0) is 0 Å². The fourth-order valence-corrected chi connectivity index (χ4v) is 3.40. The van der Waals surface area contributed by atoms with Crippen LogP contribution in [0.2, 0.25) is 0 Å². The number of rotatable bonds is 2. The molecule has 3 rings (SSSR count). The highest BCUT2D eigenvalue weighted by atomic mass is 32.2. The maximum Gasteiger partial charge on any atom is 0.339 e. The topological polar surface area (TPSA) is 54.6 Å². The van der Waals surface area contributed by atoms with E-state index >= 15 is 0 Å². The quantitative estimate of drug-likeness (QED) is 0.887. The first kappa shape index (κ1) is 10.7. The average molecular weight is 248 g/mol. The molecule has 1 saturated heterocycles. The van der Waals surface area contributed by atoms with Gasteiger partial charge < -0.3 is 9.51 Å². The molecule has 2 aromatic rings. The Labute approximate surface area is 103 Å². The Bertz CT molecular complexity index is 573. The van der Waals surface area contributed by atoms with Gasteiger partial charge >= 0.3 is 5.97 Å². The molecule has 1 unspecified atom stereocenters. The first-order valence-electron chi connectivity index (χ1n) is 5.58. The molecule has 3 heterocycles. The molecule has 88 valence electrons. The zero-order chi connectivity index (χ0) is 11.8. The van der Waals surface area contributed by atoms with Gasteiger partial charge in [-0.3, -0.25) is 0 Å². The number of carboxylic acids is 1. The van der Waals surface area contributed by atoms with Crippen molar-refractivity contribution >= 4 is 23.4 Å². The number of aromatic carboxylic acids is 1. The first-order chi connectivity index (χ1) is 8.25. The highest BCUT2D eigenvalue weighted by molar-refractivity contribution is 7.99. The Hall–Kier alpha value is -1.49. The molecule has 17 heavy (non-hydrogen) atoms. The molecule has 0 aromatic carbocycles. The van der Waals surface area contributed by atoms with Crippen molar-refractivity contribution in [1.82, 2.24) is 9.38 Å². The van der Waals surface area contributed by atoms with Gasteiger partial charge in [-0.1, -0.05) is 0 Å². The monoisotopic (exact) mass is 248 g/mol. The number of fused-ring (bicyclic) bond motifs is 1. The summed E-state index contributed by atoms with van der Waals surface area (Å²) in [5.74, 6) is 0.247. The van der Waals surface area contributed by atoms with Crippen molar-refractivity contribution in [1.29, 1.82) is 0 Å². The molecule has 5 heteroatoms. The van der Waals surface area contributed by atoms with E-state index in [4.69, 9.17) is 5.11 Å². The van der Waals surface area contributed by atoms with E-state index in [1.807, 2.05) is 24.2 Å². The molecule has 0 amide bonds. The number of hydrogen-bond acceptors (Lipinski definition) is 3. The van der Waals surface area contributed by atoms with Crippen LogP contribution >= 0.6 is 11.8 Å². The van der Waals surface area contributed by atoms with Crippen molar-refractivity contribution in [2.75, 3.05) is 5.75 Å². The Morgan fingerprint density at radius 2 is 2.47 bits per heavy atom. The number of carbonyl (C=O) groups is 1. The van der Waals surface area contributed by atoms with Crippen LogP contribution in [0.25, 0.3) is 5.65 Å². The Balaban J connectivity index is 2.11. The molecule has 1 atom stereocenters. The molecule has 0 aliphatic carbocycles. The minimum atomic E-state index is -0.924. The van der Waals surface area contributed by atoms with Crippen LogP contribution in [0, 0.1) is 0 Å². The van der Waals surface area contributed by atoms with E-state index in [-0.39, 0.29) is 5.56 Å². The molecule has 1 fully saturated rings. The molecule has 1 N–H and O–H groups in total. The minimum absolute atomic E-state index is 0.266. The second kappa shape index (κ2) is 4.07. The summed E-state index contributed by atoms with van der Waals surface area (Å²) in [7, 11) is 0. The number of thioether (sulfide) groups is 1. The summed E-state index contributed by atoms with van der Waals surface area (Å²) in [5, 5.41) is 9.53. The van der Waals surface area contributed by atoms with Gasteiger partial charge in [0.05, 0.1) is 5.69 Å². The van der Waals surface area contributed by atoms with E-state index in [1.165, 1.54) is 12.2 Å². The highest BCUT2D eigenvalue weighted by Crippen LogP contribution is 2.39. The van der Waals surface area contributed by atoms with Gasteiger partial charge in [-0.15, -0.1) is 0 Å². The first-order valence-corrected chi connectivity index (χ1v) is 6.63. The van der Waals surface area contributed by atoms with Crippen LogP contribution in [0.4, 0.5) is 0 Å². The molecule has 0 radical (unpaired) electrons. The van der Waals surface area contributed by atoms with Crippen LogP contribution < -0.4 is 0 Å². The summed E-state index contributed by atoms with van der Waals surface area (Å²) in [6.45, 7) is 0. The van der Waals surface area contributed by atoms with Crippen molar-refractivity contribution in [2.45, 2.75) is 18.1 Å². The summed E-state index contributed by atoms with van der Waals surface area (Å²) in [6.07, 6.45) is 6.15. The lowest BCUT2D eigenvalue weighted by atomic mass is 10.2. The molecule has 0 bridgehead atoms. The van der Waals surface area contributed by atoms with Gasteiger partial charge in [-0.25, -0.2) is 9.78 Å². The second-order valence-corrected chi connectivity index (χ2v) is 5.44. The largest absolute Gasteiger partial charge is 0.478 e. The number of hydrogen-bond donors (Lipinski definition) is 1. The number of aromatic nitrogens is 2. The van der Waals surface area contributed by atoms with E-state index < -0.39 is 5.97 Å².